The van der Waals surface area contributed by atoms with Crippen LogP contribution in [0.5, 0.6) is 0 Å². The first-order valence-corrected chi connectivity index (χ1v) is 5.29. The smallest absolute Gasteiger partial charge is 0.293 e. The van der Waals surface area contributed by atoms with Gasteiger partial charge in [0.2, 0.25) is 0 Å². The minimum Gasteiger partial charge on any atom is -0.463 e. The molecule has 1 aromatic heterocycles. The molecule has 0 aliphatic carbocycles. The van der Waals surface area contributed by atoms with Gasteiger partial charge in [0, 0.05) is 28.5 Å². The number of benzene rings is 1. The summed E-state index contributed by atoms with van der Waals surface area (Å²) in [4.78, 5) is 18.4. The zero-order valence-corrected chi connectivity index (χ0v) is 9.59. The van der Waals surface area contributed by atoms with Crippen LogP contribution in [-0.4, -0.2) is 16.4 Å². The van der Waals surface area contributed by atoms with Gasteiger partial charge in [0.1, 0.15) is 6.61 Å². The molecule has 0 saturated carbocycles. The van der Waals surface area contributed by atoms with Crippen molar-refractivity contribution in [3.63, 3.8) is 0 Å². The van der Waals surface area contributed by atoms with E-state index in [0.29, 0.717) is 17.3 Å². The minimum absolute atomic E-state index is 0.185. The van der Waals surface area contributed by atoms with Crippen LogP contribution < -0.4 is 0 Å². The summed E-state index contributed by atoms with van der Waals surface area (Å²) in [5.74, 6) is 0.608. The molecule has 0 fully saturated rings. The van der Waals surface area contributed by atoms with Gasteiger partial charge in [-0.15, -0.1) is 0 Å². The molecule has 2 rings (SSSR count). The number of ether oxygens (including phenoxy) is 1. The fourth-order valence-electron chi connectivity index (χ4n) is 1.31. The van der Waals surface area contributed by atoms with Crippen molar-refractivity contribution in [2.75, 3.05) is 0 Å². The molecule has 0 bridgehead atoms. The lowest BCUT2D eigenvalue weighted by molar-refractivity contribution is -0.129. The number of carbonyl (C=O) groups is 1. The molecule has 86 valence electrons. The second kappa shape index (κ2) is 5.41. The third-order valence-corrected chi connectivity index (χ3v) is 2.38. The molecule has 0 radical (unpaired) electrons. The van der Waals surface area contributed by atoms with Crippen molar-refractivity contribution in [1.29, 1.82) is 0 Å². The molecule has 0 aliphatic heterocycles. The van der Waals surface area contributed by atoms with E-state index in [2.05, 4.69) is 14.7 Å². The van der Waals surface area contributed by atoms with Gasteiger partial charge in [0.25, 0.3) is 6.47 Å². The van der Waals surface area contributed by atoms with E-state index in [4.69, 9.17) is 11.6 Å². The molecule has 0 atom stereocenters. The zero-order chi connectivity index (χ0) is 12.1. The fourth-order valence-corrected chi connectivity index (χ4v) is 1.43. The van der Waals surface area contributed by atoms with Crippen molar-refractivity contribution in [1.82, 2.24) is 9.97 Å². The molecular weight excluding hydrogens is 240 g/mol. The molecule has 5 heteroatoms. The molecule has 17 heavy (non-hydrogen) atoms. The van der Waals surface area contributed by atoms with Crippen LogP contribution in [0.3, 0.4) is 0 Å². The summed E-state index contributed by atoms with van der Waals surface area (Å²) in [6, 6.07) is 7.26. The first-order valence-electron chi connectivity index (χ1n) is 4.91. The Labute approximate surface area is 103 Å². The topological polar surface area (TPSA) is 52.1 Å². The molecule has 1 heterocycles. The zero-order valence-electron chi connectivity index (χ0n) is 8.84. The van der Waals surface area contributed by atoms with Gasteiger partial charge < -0.3 is 4.74 Å². The number of nitrogens with zero attached hydrogens (tertiary/aromatic N) is 2. The molecule has 0 unspecified atom stereocenters. The maximum Gasteiger partial charge on any atom is 0.293 e. The van der Waals surface area contributed by atoms with Crippen molar-refractivity contribution in [3.05, 3.63) is 47.2 Å². The van der Waals surface area contributed by atoms with Crippen LogP contribution in [-0.2, 0) is 16.1 Å². The van der Waals surface area contributed by atoms with Gasteiger partial charge in [-0.3, -0.25) is 4.79 Å². The van der Waals surface area contributed by atoms with E-state index in [-0.39, 0.29) is 6.61 Å². The maximum absolute atomic E-state index is 10.0. The Kier molecular flexibility index (Phi) is 3.67. The predicted molar refractivity (Wildman–Crippen MR) is 63.3 cm³/mol. The second-order valence-corrected chi connectivity index (χ2v) is 3.77. The maximum atomic E-state index is 10.0. The molecule has 0 saturated heterocycles. The molecular formula is C12H9ClN2O2. The average molecular weight is 249 g/mol. The summed E-state index contributed by atoms with van der Waals surface area (Å²) in [5.41, 5.74) is 1.63. The summed E-state index contributed by atoms with van der Waals surface area (Å²) in [6.07, 6.45) is 3.25. The number of hydrogen-bond donors (Lipinski definition) is 0. The molecule has 2 aromatic rings. The van der Waals surface area contributed by atoms with Crippen LogP contribution in [0.1, 0.15) is 5.56 Å². The highest BCUT2D eigenvalue weighted by atomic mass is 35.5. The summed E-state index contributed by atoms with van der Waals surface area (Å²) in [6.45, 7) is 0.581. The Morgan fingerprint density at radius 1 is 1.18 bits per heavy atom. The van der Waals surface area contributed by atoms with Gasteiger partial charge in [-0.2, -0.15) is 0 Å². The highest BCUT2D eigenvalue weighted by Gasteiger charge is 2.01. The molecule has 0 spiro atoms. The molecule has 4 nitrogen and oxygen atoms in total. The van der Waals surface area contributed by atoms with Crippen molar-refractivity contribution in [2.45, 2.75) is 6.61 Å². The van der Waals surface area contributed by atoms with E-state index in [1.54, 1.807) is 24.5 Å². The highest BCUT2D eigenvalue weighted by Crippen LogP contribution is 2.17. The van der Waals surface area contributed by atoms with Gasteiger partial charge in [-0.1, -0.05) is 11.6 Å². The Hall–Kier alpha value is -1.94. The molecule has 1 aromatic carbocycles. The number of aromatic nitrogens is 2. The van der Waals surface area contributed by atoms with Crippen molar-refractivity contribution < 1.29 is 9.53 Å². The van der Waals surface area contributed by atoms with Crippen molar-refractivity contribution >= 4 is 18.1 Å². The number of hydrogen-bond acceptors (Lipinski definition) is 4. The first kappa shape index (κ1) is 11.5. The Balaban J connectivity index is 2.17. The van der Waals surface area contributed by atoms with E-state index in [1.165, 1.54) is 0 Å². The van der Waals surface area contributed by atoms with E-state index in [1.807, 2.05) is 12.1 Å². The van der Waals surface area contributed by atoms with Crippen LogP contribution in [0.4, 0.5) is 0 Å². The normalized spacial score (nSPS) is 9.94. The van der Waals surface area contributed by atoms with Gasteiger partial charge >= 0.3 is 0 Å². The van der Waals surface area contributed by atoms with Crippen LogP contribution in [0.15, 0.2) is 36.7 Å². The number of carbonyl (C=O) groups excluding carboxylic acids is 1. The second-order valence-electron chi connectivity index (χ2n) is 3.33. The van der Waals surface area contributed by atoms with Crippen LogP contribution in [0, 0.1) is 0 Å². The van der Waals surface area contributed by atoms with Gasteiger partial charge in [0.05, 0.1) is 0 Å². The van der Waals surface area contributed by atoms with Crippen LogP contribution in [0.25, 0.3) is 11.4 Å². The Bertz CT molecular complexity index is 497. The third-order valence-electron chi connectivity index (χ3n) is 2.13. The minimum atomic E-state index is 0.185. The molecule has 0 amide bonds. The quantitative estimate of drug-likeness (QED) is 0.780. The summed E-state index contributed by atoms with van der Waals surface area (Å²) in [7, 11) is 0. The number of halogens is 1. The highest BCUT2D eigenvalue weighted by molar-refractivity contribution is 6.30. The Morgan fingerprint density at radius 3 is 2.41 bits per heavy atom. The van der Waals surface area contributed by atoms with E-state index in [0.717, 1.165) is 11.1 Å². The Morgan fingerprint density at radius 2 is 1.82 bits per heavy atom. The predicted octanol–water partition coefficient (Wildman–Crippen LogP) is 2.47. The van der Waals surface area contributed by atoms with Crippen molar-refractivity contribution in [2.24, 2.45) is 0 Å². The van der Waals surface area contributed by atoms with E-state index < -0.39 is 0 Å². The van der Waals surface area contributed by atoms with Gasteiger partial charge in [-0.25, -0.2) is 9.97 Å². The molecule has 0 N–H and O–H groups in total. The van der Waals surface area contributed by atoms with Gasteiger partial charge in [0.15, 0.2) is 5.82 Å². The lowest BCUT2D eigenvalue weighted by Crippen LogP contribution is -1.95. The van der Waals surface area contributed by atoms with E-state index in [9.17, 15) is 4.79 Å². The third kappa shape index (κ3) is 3.01. The summed E-state index contributed by atoms with van der Waals surface area (Å²) < 4.78 is 4.60. The fraction of sp³-hybridized carbons (Fsp3) is 0.0833. The molecule has 0 aliphatic rings. The average Bonchev–Trinajstić information content (AvgIpc) is 2.38. The van der Waals surface area contributed by atoms with Gasteiger partial charge in [-0.05, 0) is 24.3 Å². The lowest BCUT2D eigenvalue weighted by atomic mass is 10.2. The first-order chi connectivity index (χ1) is 8.29. The van der Waals surface area contributed by atoms with E-state index >= 15 is 0 Å². The summed E-state index contributed by atoms with van der Waals surface area (Å²) >= 11 is 5.79. The largest absolute Gasteiger partial charge is 0.463 e. The van der Waals surface area contributed by atoms with Crippen LogP contribution >= 0.6 is 11.6 Å². The van der Waals surface area contributed by atoms with Crippen molar-refractivity contribution in [3.8, 4) is 11.4 Å². The SMILES string of the molecule is O=COCc1cnc(-c2ccc(Cl)cc2)nc1. The summed E-state index contributed by atoms with van der Waals surface area (Å²) in [5, 5.41) is 0.671. The lowest BCUT2D eigenvalue weighted by Gasteiger charge is -2.02. The number of rotatable bonds is 4. The standard InChI is InChI=1S/C12H9ClN2O2/c13-11-3-1-10(2-4-11)12-14-5-9(6-15-12)7-17-8-16/h1-6,8H,7H2. The monoisotopic (exact) mass is 248 g/mol. The van der Waals surface area contributed by atoms with Crippen LogP contribution in [0.2, 0.25) is 5.02 Å².